The molecule has 1 aliphatic heterocycles. The average Bonchev–Trinajstić information content (AvgIpc) is 2.48. The highest BCUT2D eigenvalue weighted by Crippen LogP contribution is 2.19. The Hall–Kier alpha value is -1.01. The summed E-state index contributed by atoms with van der Waals surface area (Å²) in [6.45, 7) is 3.10. The zero-order chi connectivity index (χ0) is 14.4. The first-order chi connectivity index (χ1) is 9.74. The molecule has 1 aliphatic rings. The second kappa shape index (κ2) is 7.69. The second-order valence-corrected chi connectivity index (χ2v) is 5.16. The van der Waals surface area contributed by atoms with Crippen molar-refractivity contribution < 1.29 is 14.2 Å². The molecular weight excluding hydrogens is 259 g/mol. The van der Waals surface area contributed by atoms with Crippen LogP contribution in [0.3, 0.4) is 0 Å². The van der Waals surface area contributed by atoms with Crippen LogP contribution in [0.2, 0.25) is 0 Å². The largest absolute Gasteiger partial charge is 0.394 e. The molecule has 3 N–H and O–H groups in total. The lowest BCUT2D eigenvalue weighted by atomic mass is 10.1. The number of benzene rings is 1. The van der Waals surface area contributed by atoms with Gasteiger partial charge in [-0.3, -0.25) is 4.90 Å². The van der Waals surface area contributed by atoms with Gasteiger partial charge < -0.3 is 15.6 Å². The van der Waals surface area contributed by atoms with E-state index in [0.29, 0.717) is 24.3 Å². The third-order valence-electron chi connectivity index (χ3n) is 3.75. The number of piperidine rings is 1. The number of hydrogen-bond acceptors (Lipinski definition) is 4. The summed E-state index contributed by atoms with van der Waals surface area (Å²) < 4.78 is 19.6. The molecule has 0 spiro atoms. The van der Waals surface area contributed by atoms with Gasteiger partial charge in [-0.1, -0.05) is 18.2 Å². The first-order valence-corrected chi connectivity index (χ1v) is 7.15. The maximum Gasteiger partial charge on any atom is 0.132 e. The summed E-state index contributed by atoms with van der Waals surface area (Å²) in [4.78, 5) is 2.23. The fraction of sp³-hybridized carbons (Fsp3) is 0.600. The molecule has 0 saturated carbocycles. The minimum Gasteiger partial charge on any atom is -0.394 e. The van der Waals surface area contributed by atoms with E-state index in [1.165, 1.54) is 0 Å². The third-order valence-corrected chi connectivity index (χ3v) is 3.75. The molecule has 2 rings (SSSR count). The van der Waals surface area contributed by atoms with Crippen molar-refractivity contribution in [3.63, 3.8) is 0 Å². The summed E-state index contributed by atoms with van der Waals surface area (Å²) >= 11 is 0. The summed E-state index contributed by atoms with van der Waals surface area (Å²) in [5, 5.41) is 8.74. The van der Waals surface area contributed by atoms with Gasteiger partial charge in [-0.2, -0.15) is 0 Å². The molecule has 4 nitrogen and oxygen atoms in total. The highest BCUT2D eigenvalue weighted by atomic mass is 19.1. The Balaban J connectivity index is 1.86. The van der Waals surface area contributed by atoms with E-state index in [1.54, 1.807) is 6.07 Å². The summed E-state index contributed by atoms with van der Waals surface area (Å²) in [6.07, 6.45) is 2.08. The highest BCUT2D eigenvalue weighted by Gasteiger charge is 2.20. The van der Waals surface area contributed by atoms with Crippen molar-refractivity contribution in [2.24, 2.45) is 5.73 Å². The Bertz CT molecular complexity index is 420. The van der Waals surface area contributed by atoms with E-state index in [2.05, 4.69) is 4.90 Å². The van der Waals surface area contributed by atoms with Crippen molar-refractivity contribution in [2.75, 3.05) is 26.3 Å². The summed E-state index contributed by atoms with van der Waals surface area (Å²) in [7, 11) is 0. The topological polar surface area (TPSA) is 58.7 Å². The third kappa shape index (κ3) is 3.99. The normalized spacial score (nSPS) is 17.6. The predicted molar refractivity (Wildman–Crippen MR) is 75.6 cm³/mol. The van der Waals surface area contributed by atoms with Crippen molar-refractivity contribution in [1.29, 1.82) is 0 Å². The van der Waals surface area contributed by atoms with Crippen LogP contribution in [0.4, 0.5) is 4.39 Å². The maximum atomic E-state index is 14.1. The van der Waals surface area contributed by atoms with Crippen molar-refractivity contribution in [2.45, 2.75) is 32.0 Å². The van der Waals surface area contributed by atoms with E-state index in [1.807, 2.05) is 12.1 Å². The maximum absolute atomic E-state index is 14.1. The average molecular weight is 282 g/mol. The van der Waals surface area contributed by atoms with Crippen LogP contribution in [-0.2, 0) is 17.8 Å². The molecule has 1 saturated heterocycles. The van der Waals surface area contributed by atoms with Crippen LogP contribution >= 0.6 is 0 Å². The van der Waals surface area contributed by atoms with Gasteiger partial charge in [0.1, 0.15) is 5.82 Å². The standard InChI is InChI=1S/C15H23FN2O2/c16-15-12(10-17)2-1-3-13(15)11-18-6-4-14(5-7-18)20-9-8-19/h1-3,14,19H,4-11,17H2. The molecule has 0 radical (unpaired) electrons. The smallest absolute Gasteiger partial charge is 0.132 e. The molecule has 0 bridgehead atoms. The van der Waals surface area contributed by atoms with Gasteiger partial charge in [-0.15, -0.1) is 0 Å². The predicted octanol–water partition coefficient (Wildman–Crippen LogP) is 1.26. The lowest BCUT2D eigenvalue weighted by molar-refractivity contribution is -0.00915. The van der Waals surface area contributed by atoms with Crippen LogP contribution in [0.25, 0.3) is 0 Å². The summed E-state index contributed by atoms with van der Waals surface area (Å²) in [5.41, 5.74) is 6.81. The van der Waals surface area contributed by atoms with Gasteiger partial charge in [0.2, 0.25) is 0 Å². The van der Waals surface area contributed by atoms with Crippen LogP contribution < -0.4 is 5.73 Å². The minimum atomic E-state index is -0.173. The number of nitrogens with zero attached hydrogens (tertiary/aromatic N) is 1. The number of aliphatic hydroxyl groups is 1. The number of likely N-dealkylation sites (tertiary alicyclic amines) is 1. The van der Waals surface area contributed by atoms with Gasteiger partial charge >= 0.3 is 0 Å². The van der Waals surface area contributed by atoms with Crippen LogP contribution in [0, 0.1) is 5.82 Å². The monoisotopic (exact) mass is 282 g/mol. The van der Waals surface area contributed by atoms with Gasteiger partial charge in [0.15, 0.2) is 0 Å². The second-order valence-electron chi connectivity index (χ2n) is 5.16. The van der Waals surface area contributed by atoms with Crippen LogP contribution in [0.15, 0.2) is 18.2 Å². The van der Waals surface area contributed by atoms with Crippen LogP contribution in [-0.4, -0.2) is 42.4 Å². The van der Waals surface area contributed by atoms with Gasteiger partial charge in [0.05, 0.1) is 19.3 Å². The van der Waals surface area contributed by atoms with Gasteiger partial charge in [-0.05, 0) is 12.8 Å². The van der Waals surface area contributed by atoms with E-state index in [-0.39, 0.29) is 25.1 Å². The molecule has 20 heavy (non-hydrogen) atoms. The molecule has 0 atom stereocenters. The quantitative estimate of drug-likeness (QED) is 0.824. The SMILES string of the molecule is NCc1cccc(CN2CCC(OCCO)CC2)c1F. The van der Waals surface area contributed by atoms with E-state index in [9.17, 15) is 4.39 Å². The van der Waals surface area contributed by atoms with Crippen molar-refractivity contribution in [3.8, 4) is 0 Å². The number of nitrogens with two attached hydrogens (primary N) is 1. The van der Waals surface area contributed by atoms with Crippen LogP contribution in [0.1, 0.15) is 24.0 Å². The molecule has 1 heterocycles. The molecule has 0 amide bonds. The van der Waals surface area contributed by atoms with E-state index < -0.39 is 0 Å². The molecule has 1 aromatic carbocycles. The Kier molecular flexibility index (Phi) is 5.91. The first-order valence-electron chi connectivity index (χ1n) is 7.15. The Morgan fingerprint density at radius 2 is 2.00 bits per heavy atom. The van der Waals surface area contributed by atoms with E-state index in [4.69, 9.17) is 15.6 Å². The minimum absolute atomic E-state index is 0.0668. The van der Waals surface area contributed by atoms with Gasteiger partial charge in [0.25, 0.3) is 0 Å². The fourth-order valence-corrected chi connectivity index (χ4v) is 2.61. The molecule has 1 fully saturated rings. The highest BCUT2D eigenvalue weighted by molar-refractivity contribution is 5.25. The van der Waals surface area contributed by atoms with Crippen molar-refractivity contribution >= 4 is 0 Å². The summed E-state index contributed by atoms with van der Waals surface area (Å²) in [5.74, 6) is -0.173. The Labute approximate surface area is 119 Å². The molecule has 0 aromatic heterocycles. The summed E-state index contributed by atoms with van der Waals surface area (Å²) in [6, 6.07) is 5.41. The number of halogens is 1. The lowest BCUT2D eigenvalue weighted by Gasteiger charge is -2.32. The molecule has 0 unspecified atom stereocenters. The zero-order valence-electron chi connectivity index (χ0n) is 11.7. The van der Waals surface area contributed by atoms with E-state index >= 15 is 0 Å². The number of aliphatic hydroxyl groups excluding tert-OH is 1. The first kappa shape index (κ1) is 15.4. The Morgan fingerprint density at radius 3 is 2.65 bits per heavy atom. The molecule has 5 heteroatoms. The van der Waals surface area contributed by atoms with Crippen molar-refractivity contribution in [3.05, 3.63) is 35.1 Å². The Morgan fingerprint density at radius 1 is 1.30 bits per heavy atom. The zero-order valence-corrected chi connectivity index (χ0v) is 11.7. The van der Waals surface area contributed by atoms with Crippen LogP contribution in [0.5, 0.6) is 0 Å². The number of ether oxygens (including phenoxy) is 1. The molecule has 112 valence electrons. The van der Waals surface area contributed by atoms with Gasteiger partial charge in [0, 0.05) is 37.3 Å². The van der Waals surface area contributed by atoms with E-state index in [0.717, 1.165) is 25.9 Å². The molecule has 0 aliphatic carbocycles. The number of rotatable bonds is 6. The lowest BCUT2D eigenvalue weighted by Crippen LogP contribution is -2.37. The fourth-order valence-electron chi connectivity index (χ4n) is 2.61. The van der Waals surface area contributed by atoms with Crippen molar-refractivity contribution in [1.82, 2.24) is 4.90 Å². The molecular formula is C15H23FN2O2. The molecule has 1 aromatic rings. The van der Waals surface area contributed by atoms with Gasteiger partial charge in [-0.25, -0.2) is 4.39 Å². The number of hydrogen-bond donors (Lipinski definition) is 2.